The SMILES string of the molecule is COc1cc(C(=O)NCC(C)CN)cc(OC)c1Br. The molecule has 1 aromatic carbocycles. The summed E-state index contributed by atoms with van der Waals surface area (Å²) < 4.78 is 11.1. The average molecular weight is 331 g/mol. The zero-order chi connectivity index (χ0) is 14.4. The molecule has 0 aliphatic rings. The number of carbonyl (C=O) groups excluding carboxylic acids is 1. The summed E-state index contributed by atoms with van der Waals surface area (Å²) in [4.78, 5) is 12.0. The van der Waals surface area contributed by atoms with Crippen molar-refractivity contribution in [2.24, 2.45) is 11.7 Å². The Kier molecular flexibility index (Phi) is 6.11. The third-order valence-corrected chi connectivity index (χ3v) is 3.50. The number of hydrogen-bond acceptors (Lipinski definition) is 4. The maximum atomic E-state index is 12.0. The monoisotopic (exact) mass is 330 g/mol. The molecule has 0 heterocycles. The second-order valence-corrected chi connectivity index (χ2v) is 5.04. The topological polar surface area (TPSA) is 73.6 Å². The molecule has 1 amide bonds. The molecule has 0 spiro atoms. The van der Waals surface area contributed by atoms with Gasteiger partial charge in [0.25, 0.3) is 5.91 Å². The molecule has 1 aromatic rings. The maximum absolute atomic E-state index is 12.0. The third-order valence-electron chi connectivity index (χ3n) is 2.72. The second kappa shape index (κ2) is 7.35. The summed E-state index contributed by atoms with van der Waals surface area (Å²) in [5.41, 5.74) is 6.00. The summed E-state index contributed by atoms with van der Waals surface area (Å²) in [6, 6.07) is 3.32. The minimum Gasteiger partial charge on any atom is -0.495 e. The lowest BCUT2D eigenvalue weighted by atomic mass is 10.1. The average Bonchev–Trinajstić information content (AvgIpc) is 2.44. The van der Waals surface area contributed by atoms with Crippen molar-refractivity contribution >= 4 is 21.8 Å². The number of nitrogens with two attached hydrogens (primary N) is 1. The highest BCUT2D eigenvalue weighted by Gasteiger charge is 2.14. The van der Waals surface area contributed by atoms with Crippen LogP contribution in [-0.2, 0) is 0 Å². The van der Waals surface area contributed by atoms with E-state index in [4.69, 9.17) is 15.2 Å². The van der Waals surface area contributed by atoms with Crippen LogP contribution >= 0.6 is 15.9 Å². The van der Waals surface area contributed by atoms with Gasteiger partial charge in [0.05, 0.1) is 14.2 Å². The van der Waals surface area contributed by atoms with Gasteiger partial charge in [-0.25, -0.2) is 0 Å². The van der Waals surface area contributed by atoms with Crippen molar-refractivity contribution in [3.05, 3.63) is 22.2 Å². The van der Waals surface area contributed by atoms with E-state index in [1.807, 2.05) is 6.92 Å². The van der Waals surface area contributed by atoms with Crippen molar-refractivity contribution in [1.29, 1.82) is 0 Å². The molecule has 1 unspecified atom stereocenters. The quantitative estimate of drug-likeness (QED) is 0.834. The number of carbonyl (C=O) groups is 1. The van der Waals surface area contributed by atoms with E-state index in [2.05, 4.69) is 21.2 Å². The number of nitrogens with one attached hydrogen (secondary N) is 1. The number of methoxy groups -OCH3 is 2. The summed E-state index contributed by atoms with van der Waals surface area (Å²) in [6.07, 6.45) is 0. The standard InChI is InChI=1S/C13H19BrN2O3/c1-8(6-15)7-16-13(17)9-4-10(18-2)12(14)11(5-9)19-3/h4-5,8H,6-7,15H2,1-3H3,(H,16,17). The van der Waals surface area contributed by atoms with Crippen LogP contribution in [0.15, 0.2) is 16.6 Å². The Bertz CT molecular complexity index is 427. The van der Waals surface area contributed by atoms with Crippen LogP contribution in [0.3, 0.4) is 0 Å². The number of benzene rings is 1. The van der Waals surface area contributed by atoms with Gasteiger partial charge in [-0.15, -0.1) is 0 Å². The Morgan fingerprint density at radius 3 is 2.32 bits per heavy atom. The van der Waals surface area contributed by atoms with Crippen LogP contribution in [0.5, 0.6) is 11.5 Å². The first-order chi connectivity index (χ1) is 9.03. The Morgan fingerprint density at radius 2 is 1.89 bits per heavy atom. The zero-order valence-electron chi connectivity index (χ0n) is 11.3. The molecule has 0 saturated heterocycles. The molecule has 0 saturated carbocycles. The van der Waals surface area contributed by atoms with Crippen LogP contribution in [-0.4, -0.2) is 33.2 Å². The van der Waals surface area contributed by atoms with E-state index in [1.165, 1.54) is 14.2 Å². The second-order valence-electron chi connectivity index (χ2n) is 4.25. The van der Waals surface area contributed by atoms with Crippen molar-refractivity contribution in [2.75, 3.05) is 27.3 Å². The first-order valence-electron chi connectivity index (χ1n) is 5.93. The molecule has 0 aliphatic carbocycles. The van der Waals surface area contributed by atoms with Gasteiger partial charge in [-0.2, -0.15) is 0 Å². The minimum absolute atomic E-state index is 0.176. The minimum atomic E-state index is -0.176. The van der Waals surface area contributed by atoms with Crippen LogP contribution in [0, 0.1) is 5.92 Å². The lowest BCUT2D eigenvalue weighted by molar-refractivity contribution is 0.0948. The summed E-state index contributed by atoms with van der Waals surface area (Å²) in [5.74, 6) is 1.17. The van der Waals surface area contributed by atoms with Gasteiger partial charge in [0.1, 0.15) is 16.0 Å². The molecule has 0 aliphatic heterocycles. The smallest absolute Gasteiger partial charge is 0.251 e. The molecule has 19 heavy (non-hydrogen) atoms. The first-order valence-corrected chi connectivity index (χ1v) is 6.72. The molecule has 0 bridgehead atoms. The van der Waals surface area contributed by atoms with E-state index in [1.54, 1.807) is 12.1 Å². The highest BCUT2D eigenvalue weighted by Crippen LogP contribution is 2.35. The van der Waals surface area contributed by atoms with Crippen LogP contribution < -0.4 is 20.5 Å². The predicted molar refractivity (Wildman–Crippen MR) is 77.8 cm³/mol. The first kappa shape index (κ1) is 15.8. The molecule has 0 fully saturated rings. The van der Waals surface area contributed by atoms with Gasteiger partial charge in [-0.1, -0.05) is 6.92 Å². The summed E-state index contributed by atoms with van der Waals surface area (Å²) in [6.45, 7) is 3.05. The van der Waals surface area contributed by atoms with Crippen molar-refractivity contribution in [3.63, 3.8) is 0 Å². The molecule has 1 atom stereocenters. The van der Waals surface area contributed by atoms with Gasteiger partial charge in [0.15, 0.2) is 0 Å². The Hall–Kier alpha value is -1.27. The van der Waals surface area contributed by atoms with Crippen LogP contribution in [0.1, 0.15) is 17.3 Å². The van der Waals surface area contributed by atoms with Crippen LogP contribution in [0.25, 0.3) is 0 Å². The third kappa shape index (κ3) is 4.11. The molecule has 1 rings (SSSR count). The molecular weight excluding hydrogens is 312 g/mol. The summed E-state index contributed by atoms with van der Waals surface area (Å²) in [5, 5.41) is 2.83. The number of rotatable bonds is 6. The van der Waals surface area contributed by atoms with Gasteiger partial charge in [-0.05, 0) is 40.5 Å². The van der Waals surface area contributed by atoms with Crippen molar-refractivity contribution in [3.8, 4) is 11.5 Å². The van der Waals surface area contributed by atoms with Gasteiger partial charge >= 0.3 is 0 Å². The van der Waals surface area contributed by atoms with Crippen LogP contribution in [0.4, 0.5) is 0 Å². The van der Waals surface area contributed by atoms with Crippen molar-refractivity contribution in [2.45, 2.75) is 6.92 Å². The van der Waals surface area contributed by atoms with E-state index in [0.717, 1.165) is 0 Å². The van der Waals surface area contributed by atoms with E-state index in [0.29, 0.717) is 34.6 Å². The molecule has 3 N–H and O–H groups in total. The highest BCUT2D eigenvalue weighted by molar-refractivity contribution is 9.10. The molecule has 5 nitrogen and oxygen atoms in total. The van der Waals surface area contributed by atoms with Gasteiger partial charge < -0.3 is 20.5 Å². The molecular formula is C13H19BrN2O3. The van der Waals surface area contributed by atoms with Crippen molar-refractivity contribution in [1.82, 2.24) is 5.32 Å². The van der Waals surface area contributed by atoms with Crippen LogP contribution in [0.2, 0.25) is 0 Å². The van der Waals surface area contributed by atoms with Gasteiger partial charge in [0, 0.05) is 12.1 Å². The largest absolute Gasteiger partial charge is 0.495 e. The normalized spacial score (nSPS) is 11.8. The van der Waals surface area contributed by atoms with E-state index < -0.39 is 0 Å². The fraction of sp³-hybridized carbons (Fsp3) is 0.462. The van der Waals surface area contributed by atoms with E-state index in [-0.39, 0.29) is 11.8 Å². The Balaban J connectivity index is 2.91. The van der Waals surface area contributed by atoms with E-state index in [9.17, 15) is 4.79 Å². The lowest BCUT2D eigenvalue weighted by Crippen LogP contribution is -2.31. The fourth-order valence-corrected chi connectivity index (χ4v) is 2.01. The number of ether oxygens (including phenoxy) is 2. The number of hydrogen-bond donors (Lipinski definition) is 2. The molecule has 6 heteroatoms. The summed E-state index contributed by atoms with van der Waals surface area (Å²) >= 11 is 3.36. The Labute approximate surface area is 121 Å². The zero-order valence-corrected chi connectivity index (χ0v) is 12.9. The number of amides is 1. The molecule has 106 valence electrons. The lowest BCUT2D eigenvalue weighted by Gasteiger charge is -2.13. The molecule has 0 aromatic heterocycles. The molecule has 0 radical (unpaired) electrons. The maximum Gasteiger partial charge on any atom is 0.251 e. The number of halogens is 1. The predicted octanol–water partition coefficient (Wildman–Crippen LogP) is 1.79. The van der Waals surface area contributed by atoms with E-state index >= 15 is 0 Å². The highest BCUT2D eigenvalue weighted by atomic mass is 79.9. The summed E-state index contributed by atoms with van der Waals surface area (Å²) in [7, 11) is 3.08. The Morgan fingerprint density at radius 1 is 1.37 bits per heavy atom. The fourth-order valence-electron chi connectivity index (χ4n) is 1.45. The van der Waals surface area contributed by atoms with Crippen molar-refractivity contribution < 1.29 is 14.3 Å². The van der Waals surface area contributed by atoms with Gasteiger partial charge in [-0.3, -0.25) is 4.79 Å². The van der Waals surface area contributed by atoms with Gasteiger partial charge in [0.2, 0.25) is 0 Å².